The average Bonchev–Trinajstić information content (AvgIpc) is 2.44. The van der Waals surface area contributed by atoms with Gasteiger partial charge in [0.25, 0.3) is 0 Å². The van der Waals surface area contributed by atoms with Gasteiger partial charge in [0.05, 0.1) is 12.7 Å². The number of methoxy groups -OCH3 is 1. The van der Waals surface area contributed by atoms with E-state index in [1.807, 2.05) is 30.3 Å². The minimum absolute atomic E-state index is 0.118. The Kier molecular flexibility index (Phi) is 6.94. The summed E-state index contributed by atoms with van der Waals surface area (Å²) in [6, 6.07) is 9.76. The lowest BCUT2D eigenvalue weighted by atomic mass is 9.95. The summed E-state index contributed by atoms with van der Waals surface area (Å²) in [5.41, 5.74) is 1.04. The molecular formula is C16H22O4. The van der Waals surface area contributed by atoms with E-state index in [9.17, 15) is 9.59 Å². The van der Waals surface area contributed by atoms with Gasteiger partial charge in [-0.1, -0.05) is 30.3 Å². The smallest absolute Gasteiger partial charge is 0.316 e. The van der Waals surface area contributed by atoms with Crippen molar-refractivity contribution in [1.82, 2.24) is 0 Å². The fourth-order valence-electron chi connectivity index (χ4n) is 2.14. The first-order valence-corrected chi connectivity index (χ1v) is 6.85. The second-order valence-corrected chi connectivity index (χ2v) is 4.63. The van der Waals surface area contributed by atoms with Gasteiger partial charge >= 0.3 is 5.97 Å². The Morgan fingerprint density at radius 3 is 2.30 bits per heavy atom. The van der Waals surface area contributed by atoms with Crippen molar-refractivity contribution in [3.63, 3.8) is 0 Å². The topological polar surface area (TPSA) is 52.6 Å². The molecule has 0 aliphatic heterocycles. The second-order valence-electron chi connectivity index (χ2n) is 4.63. The number of ketones is 1. The van der Waals surface area contributed by atoms with E-state index in [0.29, 0.717) is 12.8 Å². The molecule has 4 nitrogen and oxygen atoms in total. The average molecular weight is 278 g/mol. The lowest BCUT2D eigenvalue weighted by molar-refractivity contribution is -0.151. The summed E-state index contributed by atoms with van der Waals surface area (Å²) >= 11 is 0. The number of hydrogen-bond donors (Lipinski definition) is 0. The van der Waals surface area contributed by atoms with Crippen molar-refractivity contribution in [3.8, 4) is 0 Å². The van der Waals surface area contributed by atoms with Crippen LogP contribution in [0.15, 0.2) is 30.3 Å². The molecule has 0 spiro atoms. The lowest BCUT2D eigenvalue weighted by Gasteiger charge is -2.18. The van der Waals surface area contributed by atoms with E-state index in [-0.39, 0.29) is 18.5 Å². The van der Waals surface area contributed by atoms with Crippen molar-refractivity contribution in [2.24, 2.45) is 5.92 Å². The summed E-state index contributed by atoms with van der Waals surface area (Å²) in [4.78, 5) is 23.3. The number of carbonyl (C=O) groups is 2. The molecule has 1 aromatic rings. The van der Waals surface area contributed by atoms with Gasteiger partial charge in [-0.2, -0.15) is 0 Å². The van der Waals surface area contributed by atoms with Gasteiger partial charge < -0.3 is 9.47 Å². The van der Waals surface area contributed by atoms with E-state index in [1.54, 1.807) is 14.0 Å². The Hall–Kier alpha value is -1.68. The Labute approximate surface area is 120 Å². The van der Waals surface area contributed by atoms with Gasteiger partial charge in [0, 0.05) is 7.11 Å². The van der Waals surface area contributed by atoms with Crippen LogP contribution in [0.5, 0.6) is 0 Å². The van der Waals surface area contributed by atoms with Gasteiger partial charge in [-0.3, -0.25) is 9.59 Å². The molecule has 0 saturated heterocycles. The number of carbonyl (C=O) groups excluding carboxylic acids is 2. The molecule has 0 saturated carbocycles. The molecule has 1 rings (SSSR count). The minimum atomic E-state index is -0.698. The Bertz CT molecular complexity index is 427. The fraction of sp³-hybridized carbons (Fsp3) is 0.500. The van der Waals surface area contributed by atoms with Crippen LogP contribution in [-0.4, -0.2) is 25.5 Å². The highest BCUT2D eigenvalue weighted by Crippen LogP contribution is 2.24. The molecule has 0 fully saturated rings. The highest BCUT2D eigenvalue weighted by molar-refractivity contribution is 5.97. The maximum atomic E-state index is 11.7. The zero-order valence-corrected chi connectivity index (χ0v) is 12.3. The van der Waals surface area contributed by atoms with E-state index >= 15 is 0 Å². The third-order valence-electron chi connectivity index (χ3n) is 3.24. The van der Waals surface area contributed by atoms with Crippen LogP contribution >= 0.6 is 0 Å². The van der Waals surface area contributed by atoms with Gasteiger partial charge in [-0.15, -0.1) is 0 Å². The number of esters is 1. The molecule has 2 atom stereocenters. The zero-order chi connectivity index (χ0) is 15.0. The van der Waals surface area contributed by atoms with Crippen LogP contribution in [0.4, 0.5) is 0 Å². The highest BCUT2D eigenvalue weighted by Gasteiger charge is 2.26. The summed E-state index contributed by atoms with van der Waals surface area (Å²) in [6.07, 6.45) is 0.915. The van der Waals surface area contributed by atoms with Crippen molar-refractivity contribution >= 4 is 11.8 Å². The van der Waals surface area contributed by atoms with Gasteiger partial charge in [-0.05, 0) is 32.3 Å². The quantitative estimate of drug-likeness (QED) is 0.542. The third-order valence-corrected chi connectivity index (χ3v) is 3.24. The molecule has 0 aliphatic rings. The van der Waals surface area contributed by atoms with Gasteiger partial charge in [-0.25, -0.2) is 0 Å². The molecule has 2 unspecified atom stereocenters. The molecule has 0 amide bonds. The molecule has 0 aliphatic carbocycles. The van der Waals surface area contributed by atoms with Crippen LogP contribution in [0.25, 0.3) is 0 Å². The third kappa shape index (κ3) is 4.78. The van der Waals surface area contributed by atoms with Crippen LogP contribution in [0.2, 0.25) is 0 Å². The largest absolute Gasteiger partial charge is 0.465 e. The first-order chi connectivity index (χ1) is 9.60. The van der Waals surface area contributed by atoms with Crippen LogP contribution in [0.1, 0.15) is 38.4 Å². The molecule has 1 aromatic carbocycles. The molecule has 0 aromatic heterocycles. The van der Waals surface area contributed by atoms with Crippen molar-refractivity contribution in [2.45, 2.75) is 32.8 Å². The zero-order valence-electron chi connectivity index (χ0n) is 12.3. The van der Waals surface area contributed by atoms with E-state index in [0.717, 1.165) is 5.56 Å². The highest BCUT2D eigenvalue weighted by atomic mass is 16.5. The first kappa shape index (κ1) is 16.4. The van der Waals surface area contributed by atoms with Crippen molar-refractivity contribution < 1.29 is 19.1 Å². The predicted octanol–water partition coefficient (Wildman–Crippen LogP) is 2.92. The van der Waals surface area contributed by atoms with Crippen molar-refractivity contribution in [3.05, 3.63) is 35.9 Å². The second kappa shape index (κ2) is 8.48. The molecule has 0 N–H and O–H groups in total. The van der Waals surface area contributed by atoms with Crippen molar-refractivity contribution in [1.29, 1.82) is 0 Å². The van der Waals surface area contributed by atoms with Gasteiger partial charge in [0.1, 0.15) is 11.7 Å². The predicted molar refractivity (Wildman–Crippen MR) is 76.2 cm³/mol. The van der Waals surface area contributed by atoms with E-state index < -0.39 is 11.9 Å². The fourth-order valence-corrected chi connectivity index (χ4v) is 2.14. The number of rotatable bonds is 8. The maximum Gasteiger partial charge on any atom is 0.316 e. The van der Waals surface area contributed by atoms with Gasteiger partial charge in [0.2, 0.25) is 0 Å². The lowest BCUT2D eigenvalue weighted by Crippen LogP contribution is -2.25. The van der Waals surface area contributed by atoms with Crippen LogP contribution in [0, 0.1) is 5.92 Å². The van der Waals surface area contributed by atoms with Crippen LogP contribution in [0.3, 0.4) is 0 Å². The number of hydrogen-bond acceptors (Lipinski definition) is 4. The first-order valence-electron chi connectivity index (χ1n) is 6.85. The number of ether oxygens (including phenoxy) is 2. The number of Topliss-reactive ketones (excluding diaryl/α,β-unsaturated/α-hetero) is 1. The van der Waals surface area contributed by atoms with Crippen molar-refractivity contribution in [2.75, 3.05) is 13.7 Å². The summed E-state index contributed by atoms with van der Waals surface area (Å²) in [7, 11) is 1.63. The standard InChI is InChI=1S/C16H22O4/c1-4-20-16(18)14(12(2)17)10-11-15(19-3)13-8-6-5-7-9-13/h5-9,14-15H,4,10-11H2,1-3H3. The summed E-state index contributed by atoms with van der Waals surface area (Å²) < 4.78 is 10.4. The Morgan fingerprint density at radius 1 is 1.15 bits per heavy atom. The molecule has 4 heteroatoms. The summed E-state index contributed by atoms with van der Waals surface area (Å²) in [5, 5.41) is 0. The molecule has 0 bridgehead atoms. The molecule has 20 heavy (non-hydrogen) atoms. The normalized spacial score (nSPS) is 13.6. The van der Waals surface area contributed by atoms with Crippen LogP contribution < -0.4 is 0 Å². The number of benzene rings is 1. The SMILES string of the molecule is CCOC(=O)C(CCC(OC)c1ccccc1)C(C)=O. The Balaban J connectivity index is 2.66. The van der Waals surface area contributed by atoms with Crippen LogP contribution in [-0.2, 0) is 19.1 Å². The maximum absolute atomic E-state index is 11.7. The minimum Gasteiger partial charge on any atom is -0.465 e. The van der Waals surface area contributed by atoms with Gasteiger partial charge in [0.15, 0.2) is 0 Å². The molecular weight excluding hydrogens is 256 g/mol. The molecule has 110 valence electrons. The monoisotopic (exact) mass is 278 g/mol. The summed E-state index contributed by atoms with van der Waals surface area (Å²) in [6.45, 7) is 3.44. The molecule has 0 heterocycles. The van der Waals surface area contributed by atoms with E-state index in [2.05, 4.69) is 0 Å². The van der Waals surface area contributed by atoms with E-state index in [1.165, 1.54) is 6.92 Å². The summed E-state index contributed by atoms with van der Waals surface area (Å²) in [5.74, 6) is -1.30. The molecule has 0 radical (unpaired) electrons. The van der Waals surface area contributed by atoms with E-state index in [4.69, 9.17) is 9.47 Å². The Morgan fingerprint density at radius 2 is 1.80 bits per heavy atom.